The molecular formula is C18H32N2O5. The maximum atomic E-state index is 10.1. The Labute approximate surface area is 150 Å². The van der Waals surface area contributed by atoms with Crippen molar-refractivity contribution < 1.29 is 24.4 Å². The van der Waals surface area contributed by atoms with Gasteiger partial charge < -0.3 is 24.4 Å². The van der Waals surface area contributed by atoms with Crippen molar-refractivity contribution in [1.29, 1.82) is 0 Å². The first-order valence-electron chi connectivity index (χ1n) is 9.04. The number of hydrogen-bond donors (Lipinski definition) is 2. The predicted molar refractivity (Wildman–Crippen MR) is 94.5 cm³/mol. The first-order chi connectivity index (χ1) is 12.1. The van der Waals surface area contributed by atoms with Crippen molar-refractivity contribution in [3.05, 3.63) is 23.8 Å². The largest absolute Gasteiger partial charge is 0.394 e. The molecule has 2 N–H and O–H groups in total. The molecule has 0 saturated carbocycles. The van der Waals surface area contributed by atoms with Crippen molar-refractivity contribution in [2.45, 2.75) is 58.3 Å². The van der Waals surface area contributed by atoms with Gasteiger partial charge in [-0.25, -0.2) is 0 Å². The van der Waals surface area contributed by atoms with Gasteiger partial charge >= 0.3 is 0 Å². The molecule has 0 saturated heterocycles. The highest BCUT2D eigenvalue weighted by Gasteiger charge is 2.20. The lowest BCUT2D eigenvalue weighted by molar-refractivity contribution is -0.0586. The van der Waals surface area contributed by atoms with E-state index in [0.717, 1.165) is 12.1 Å². The number of nitrogens with zero attached hydrogens (tertiary/aromatic N) is 2. The van der Waals surface area contributed by atoms with E-state index in [2.05, 4.69) is 9.97 Å². The van der Waals surface area contributed by atoms with Crippen LogP contribution in [0.3, 0.4) is 0 Å². The van der Waals surface area contributed by atoms with Crippen LogP contribution in [-0.2, 0) is 27.1 Å². The minimum absolute atomic E-state index is 0.0546. The first kappa shape index (κ1) is 21.9. The normalized spacial score (nSPS) is 15.1. The molecular weight excluding hydrogens is 324 g/mol. The average Bonchev–Trinajstić information content (AvgIpc) is 2.61. The third-order valence-corrected chi connectivity index (χ3v) is 3.79. The molecule has 0 unspecified atom stereocenters. The van der Waals surface area contributed by atoms with Gasteiger partial charge in [0.05, 0.1) is 30.2 Å². The Morgan fingerprint density at radius 1 is 0.960 bits per heavy atom. The third-order valence-electron chi connectivity index (χ3n) is 3.79. The van der Waals surface area contributed by atoms with E-state index in [1.165, 1.54) is 0 Å². The van der Waals surface area contributed by atoms with Gasteiger partial charge in [-0.1, -0.05) is 0 Å². The summed E-state index contributed by atoms with van der Waals surface area (Å²) in [6, 6.07) is 0. The number of aromatic nitrogens is 2. The van der Waals surface area contributed by atoms with E-state index in [9.17, 15) is 10.2 Å². The molecule has 0 aromatic carbocycles. The molecule has 7 nitrogen and oxygen atoms in total. The second kappa shape index (κ2) is 13.1. The van der Waals surface area contributed by atoms with Crippen LogP contribution in [0.15, 0.2) is 12.4 Å². The molecule has 0 aliphatic carbocycles. The molecule has 144 valence electrons. The van der Waals surface area contributed by atoms with Crippen LogP contribution in [0.1, 0.15) is 38.6 Å². The Bertz CT molecular complexity index is 444. The zero-order chi connectivity index (χ0) is 18.5. The monoisotopic (exact) mass is 356 g/mol. The van der Waals surface area contributed by atoms with Gasteiger partial charge in [0.2, 0.25) is 0 Å². The standard InChI is InChI=1S/C18H32N2O5/c1-4-23-8-7-16(24-5-2)9-14-11-20-15(12-19-14)10-17(22)18(13-21)25-6-3/h11-12,16-18,21-22H,4-10,13H2,1-3H3/t16-,17-,18+/m0/s1. The highest BCUT2D eigenvalue weighted by atomic mass is 16.5. The number of hydrogen-bond acceptors (Lipinski definition) is 7. The molecule has 1 heterocycles. The summed E-state index contributed by atoms with van der Waals surface area (Å²) in [4.78, 5) is 8.77. The first-order valence-corrected chi connectivity index (χ1v) is 9.04. The molecule has 7 heteroatoms. The minimum atomic E-state index is -0.813. The van der Waals surface area contributed by atoms with E-state index in [1.54, 1.807) is 12.4 Å². The summed E-state index contributed by atoms with van der Waals surface area (Å²) in [5, 5.41) is 19.4. The van der Waals surface area contributed by atoms with Crippen LogP contribution >= 0.6 is 0 Å². The van der Waals surface area contributed by atoms with E-state index < -0.39 is 12.2 Å². The summed E-state index contributed by atoms with van der Waals surface area (Å²) >= 11 is 0. The van der Waals surface area contributed by atoms with Gasteiger partial charge in [-0.3, -0.25) is 9.97 Å². The zero-order valence-electron chi connectivity index (χ0n) is 15.6. The van der Waals surface area contributed by atoms with Crippen molar-refractivity contribution in [1.82, 2.24) is 9.97 Å². The van der Waals surface area contributed by atoms with E-state index in [0.29, 0.717) is 38.5 Å². The summed E-state index contributed by atoms with van der Waals surface area (Å²) in [6.07, 6.45) is 3.79. The fourth-order valence-electron chi connectivity index (χ4n) is 2.51. The SMILES string of the molecule is CCOCC[C@@H](Cc1cnc(C[C@H](O)[C@@H](CO)OCC)cn1)OCC. The Hall–Kier alpha value is -1.12. The summed E-state index contributed by atoms with van der Waals surface area (Å²) in [7, 11) is 0. The summed E-state index contributed by atoms with van der Waals surface area (Å²) in [6.45, 7) is 7.99. The molecule has 1 rings (SSSR count). The van der Waals surface area contributed by atoms with E-state index in [4.69, 9.17) is 14.2 Å². The number of aliphatic hydroxyl groups excluding tert-OH is 2. The number of rotatable bonds is 14. The van der Waals surface area contributed by atoms with Crippen LogP contribution in [0.2, 0.25) is 0 Å². The van der Waals surface area contributed by atoms with Crippen LogP contribution in [0.5, 0.6) is 0 Å². The van der Waals surface area contributed by atoms with Crippen molar-refractivity contribution in [3.63, 3.8) is 0 Å². The van der Waals surface area contributed by atoms with Gasteiger partial charge in [-0.15, -0.1) is 0 Å². The van der Waals surface area contributed by atoms with E-state index >= 15 is 0 Å². The van der Waals surface area contributed by atoms with E-state index in [-0.39, 0.29) is 19.1 Å². The summed E-state index contributed by atoms with van der Waals surface area (Å²) in [5.41, 5.74) is 1.51. The molecule has 25 heavy (non-hydrogen) atoms. The Morgan fingerprint density at radius 2 is 1.60 bits per heavy atom. The molecule has 0 bridgehead atoms. The van der Waals surface area contributed by atoms with Gasteiger partial charge in [-0.05, 0) is 27.2 Å². The van der Waals surface area contributed by atoms with Crippen molar-refractivity contribution >= 4 is 0 Å². The van der Waals surface area contributed by atoms with Crippen molar-refractivity contribution in [2.75, 3.05) is 33.0 Å². The van der Waals surface area contributed by atoms with Crippen LogP contribution in [0.4, 0.5) is 0 Å². The van der Waals surface area contributed by atoms with Gasteiger partial charge in [0.1, 0.15) is 6.10 Å². The van der Waals surface area contributed by atoms with Crippen molar-refractivity contribution in [3.8, 4) is 0 Å². The Kier molecular flexibility index (Phi) is 11.5. The topological polar surface area (TPSA) is 93.9 Å². The van der Waals surface area contributed by atoms with Gasteiger partial charge in [-0.2, -0.15) is 0 Å². The van der Waals surface area contributed by atoms with Gasteiger partial charge in [0.25, 0.3) is 0 Å². The molecule has 0 aliphatic heterocycles. The Balaban J connectivity index is 2.55. The summed E-state index contributed by atoms with van der Waals surface area (Å²) < 4.78 is 16.4. The molecule has 0 aliphatic rings. The molecule has 1 aromatic rings. The second-order valence-electron chi connectivity index (χ2n) is 5.71. The molecule has 3 atom stereocenters. The lowest BCUT2D eigenvalue weighted by atomic mass is 10.1. The highest BCUT2D eigenvalue weighted by Crippen LogP contribution is 2.10. The summed E-state index contributed by atoms with van der Waals surface area (Å²) in [5.74, 6) is 0. The van der Waals surface area contributed by atoms with E-state index in [1.807, 2.05) is 20.8 Å². The average molecular weight is 356 g/mol. The smallest absolute Gasteiger partial charge is 0.107 e. The molecule has 0 spiro atoms. The lowest BCUT2D eigenvalue weighted by Crippen LogP contribution is -2.34. The number of ether oxygens (including phenoxy) is 3. The van der Waals surface area contributed by atoms with Crippen LogP contribution < -0.4 is 0 Å². The quantitative estimate of drug-likeness (QED) is 0.483. The maximum absolute atomic E-state index is 10.1. The third kappa shape index (κ3) is 8.69. The van der Waals surface area contributed by atoms with Crippen molar-refractivity contribution in [2.24, 2.45) is 0 Å². The van der Waals surface area contributed by atoms with Crippen LogP contribution in [0, 0.1) is 0 Å². The second-order valence-corrected chi connectivity index (χ2v) is 5.71. The van der Waals surface area contributed by atoms with Gasteiger partial charge in [0.15, 0.2) is 0 Å². The van der Waals surface area contributed by atoms with Crippen LogP contribution in [-0.4, -0.2) is 71.5 Å². The maximum Gasteiger partial charge on any atom is 0.107 e. The lowest BCUT2D eigenvalue weighted by Gasteiger charge is -2.20. The fraction of sp³-hybridized carbons (Fsp3) is 0.778. The highest BCUT2D eigenvalue weighted by molar-refractivity contribution is 5.05. The fourth-order valence-corrected chi connectivity index (χ4v) is 2.51. The predicted octanol–water partition coefficient (Wildman–Crippen LogP) is 1.15. The zero-order valence-corrected chi connectivity index (χ0v) is 15.6. The Morgan fingerprint density at radius 3 is 2.12 bits per heavy atom. The van der Waals surface area contributed by atoms with Gasteiger partial charge in [0, 0.05) is 51.7 Å². The molecule has 0 amide bonds. The van der Waals surface area contributed by atoms with Crippen LogP contribution in [0.25, 0.3) is 0 Å². The molecule has 0 fully saturated rings. The molecule has 0 radical (unpaired) electrons. The minimum Gasteiger partial charge on any atom is -0.394 e. The number of aliphatic hydroxyl groups is 2. The molecule has 1 aromatic heterocycles.